The molecule has 3 rings (SSSR count). The van der Waals surface area contributed by atoms with Gasteiger partial charge in [-0.15, -0.1) is 0 Å². The minimum Gasteiger partial charge on any atom is -0.486 e. The molecule has 0 atom stereocenters. The SMILES string of the molecule is CCN(Cc1ccc2c(c1)OCCO2)C(=O)COC(=O)COc1ccccc1C. The zero-order valence-corrected chi connectivity index (χ0v) is 16.7. The fourth-order valence-corrected chi connectivity index (χ4v) is 2.91. The number of carbonyl (C=O) groups excluding carboxylic acids is 2. The van der Waals surface area contributed by atoms with Gasteiger partial charge in [-0.25, -0.2) is 4.79 Å². The van der Waals surface area contributed by atoms with Crippen molar-refractivity contribution in [3.05, 3.63) is 53.6 Å². The van der Waals surface area contributed by atoms with Gasteiger partial charge in [0.2, 0.25) is 0 Å². The van der Waals surface area contributed by atoms with Crippen molar-refractivity contribution in [2.45, 2.75) is 20.4 Å². The van der Waals surface area contributed by atoms with Crippen molar-refractivity contribution < 1.29 is 28.5 Å². The lowest BCUT2D eigenvalue weighted by Gasteiger charge is -2.23. The van der Waals surface area contributed by atoms with Crippen LogP contribution in [0.5, 0.6) is 17.2 Å². The Bertz CT molecular complexity index is 866. The van der Waals surface area contributed by atoms with Crippen molar-refractivity contribution in [3.63, 3.8) is 0 Å². The van der Waals surface area contributed by atoms with E-state index in [1.54, 1.807) is 11.0 Å². The van der Waals surface area contributed by atoms with Crippen LogP contribution in [0.25, 0.3) is 0 Å². The molecule has 0 saturated heterocycles. The molecule has 0 N–H and O–H groups in total. The Labute approximate surface area is 170 Å². The molecule has 1 aliphatic rings. The molecule has 0 aliphatic carbocycles. The number of hydrogen-bond acceptors (Lipinski definition) is 6. The molecule has 0 spiro atoms. The summed E-state index contributed by atoms with van der Waals surface area (Å²) in [4.78, 5) is 26.0. The van der Waals surface area contributed by atoms with Gasteiger partial charge in [-0.1, -0.05) is 24.3 Å². The number of rotatable bonds is 8. The number of amides is 1. The van der Waals surface area contributed by atoms with Gasteiger partial charge >= 0.3 is 5.97 Å². The molecule has 7 heteroatoms. The van der Waals surface area contributed by atoms with Crippen molar-refractivity contribution in [2.24, 2.45) is 0 Å². The molecule has 0 aromatic heterocycles. The van der Waals surface area contributed by atoms with E-state index < -0.39 is 5.97 Å². The summed E-state index contributed by atoms with van der Waals surface area (Å²) in [7, 11) is 0. The molecule has 0 fully saturated rings. The van der Waals surface area contributed by atoms with Gasteiger partial charge in [0.1, 0.15) is 19.0 Å². The molecule has 7 nitrogen and oxygen atoms in total. The number of esters is 1. The van der Waals surface area contributed by atoms with Crippen molar-refractivity contribution in [1.29, 1.82) is 0 Å². The van der Waals surface area contributed by atoms with Crippen molar-refractivity contribution in [2.75, 3.05) is 33.0 Å². The van der Waals surface area contributed by atoms with Gasteiger partial charge in [-0.05, 0) is 43.2 Å². The van der Waals surface area contributed by atoms with Crippen LogP contribution in [0, 0.1) is 6.92 Å². The van der Waals surface area contributed by atoms with E-state index in [0.717, 1.165) is 11.1 Å². The van der Waals surface area contributed by atoms with Gasteiger partial charge in [0.25, 0.3) is 5.91 Å². The first-order valence-corrected chi connectivity index (χ1v) is 9.57. The van der Waals surface area contributed by atoms with E-state index in [9.17, 15) is 9.59 Å². The summed E-state index contributed by atoms with van der Waals surface area (Å²) in [5.74, 6) is 1.14. The summed E-state index contributed by atoms with van der Waals surface area (Å²) in [6.07, 6.45) is 0. The second-order valence-electron chi connectivity index (χ2n) is 6.60. The second-order valence-corrected chi connectivity index (χ2v) is 6.60. The summed E-state index contributed by atoms with van der Waals surface area (Å²) in [5.41, 5.74) is 1.84. The first-order chi connectivity index (χ1) is 14.1. The number of para-hydroxylation sites is 1. The van der Waals surface area contributed by atoms with Crippen LogP contribution in [0.15, 0.2) is 42.5 Å². The third kappa shape index (κ3) is 5.63. The Morgan fingerprint density at radius 1 is 1.03 bits per heavy atom. The smallest absolute Gasteiger partial charge is 0.344 e. The quantitative estimate of drug-likeness (QED) is 0.636. The maximum absolute atomic E-state index is 12.5. The summed E-state index contributed by atoms with van der Waals surface area (Å²) in [5, 5.41) is 0. The van der Waals surface area contributed by atoms with E-state index in [2.05, 4.69) is 0 Å². The number of ether oxygens (including phenoxy) is 4. The predicted molar refractivity (Wildman–Crippen MR) is 106 cm³/mol. The number of aryl methyl sites for hydroxylation is 1. The molecule has 154 valence electrons. The highest BCUT2D eigenvalue weighted by molar-refractivity contribution is 5.81. The maximum Gasteiger partial charge on any atom is 0.344 e. The Kier molecular flexibility index (Phi) is 6.94. The van der Waals surface area contributed by atoms with Crippen LogP contribution in [-0.4, -0.2) is 49.7 Å². The molecule has 0 bridgehead atoms. The van der Waals surface area contributed by atoms with Crippen LogP contribution in [0.2, 0.25) is 0 Å². The molecule has 29 heavy (non-hydrogen) atoms. The number of hydrogen-bond donors (Lipinski definition) is 0. The van der Waals surface area contributed by atoms with Crippen LogP contribution in [0.4, 0.5) is 0 Å². The topological polar surface area (TPSA) is 74.3 Å². The minimum atomic E-state index is -0.586. The van der Waals surface area contributed by atoms with Gasteiger partial charge in [0, 0.05) is 13.1 Å². The molecule has 0 saturated carbocycles. The Hall–Kier alpha value is -3.22. The van der Waals surface area contributed by atoms with Gasteiger partial charge in [0.05, 0.1) is 0 Å². The van der Waals surface area contributed by atoms with Crippen LogP contribution >= 0.6 is 0 Å². The number of carbonyl (C=O) groups is 2. The third-order valence-electron chi connectivity index (χ3n) is 4.51. The van der Waals surface area contributed by atoms with Crippen LogP contribution < -0.4 is 14.2 Å². The van der Waals surface area contributed by atoms with E-state index >= 15 is 0 Å². The van der Waals surface area contributed by atoms with E-state index in [1.165, 1.54) is 0 Å². The monoisotopic (exact) mass is 399 g/mol. The highest BCUT2D eigenvalue weighted by Crippen LogP contribution is 2.31. The fraction of sp³-hybridized carbons (Fsp3) is 0.364. The average Bonchev–Trinajstić information content (AvgIpc) is 2.75. The van der Waals surface area contributed by atoms with Gasteiger partial charge < -0.3 is 23.8 Å². The summed E-state index contributed by atoms with van der Waals surface area (Å²) in [6, 6.07) is 13.0. The fourth-order valence-electron chi connectivity index (χ4n) is 2.91. The number of fused-ring (bicyclic) bond motifs is 1. The Morgan fingerprint density at radius 2 is 1.79 bits per heavy atom. The van der Waals surface area contributed by atoms with E-state index in [-0.39, 0.29) is 19.1 Å². The molecule has 0 radical (unpaired) electrons. The highest BCUT2D eigenvalue weighted by Gasteiger charge is 2.17. The molecule has 0 unspecified atom stereocenters. The molecular formula is C22H25NO6. The summed E-state index contributed by atoms with van der Waals surface area (Å²) >= 11 is 0. The predicted octanol–water partition coefficient (Wildman–Crippen LogP) is 2.74. The highest BCUT2D eigenvalue weighted by atomic mass is 16.6. The first kappa shape index (κ1) is 20.5. The van der Waals surface area contributed by atoms with Crippen LogP contribution in [0.1, 0.15) is 18.1 Å². The van der Waals surface area contributed by atoms with Crippen molar-refractivity contribution in [1.82, 2.24) is 4.90 Å². The van der Waals surface area contributed by atoms with Gasteiger partial charge in [-0.2, -0.15) is 0 Å². The number of likely N-dealkylation sites (N-methyl/N-ethyl adjacent to an activating group) is 1. The van der Waals surface area contributed by atoms with E-state index in [4.69, 9.17) is 18.9 Å². The van der Waals surface area contributed by atoms with Gasteiger partial charge in [-0.3, -0.25) is 4.79 Å². The lowest BCUT2D eigenvalue weighted by atomic mass is 10.2. The van der Waals surface area contributed by atoms with Crippen molar-refractivity contribution in [3.8, 4) is 17.2 Å². The largest absolute Gasteiger partial charge is 0.486 e. The number of benzene rings is 2. The zero-order chi connectivity index (χ0) is 20.6. The van der Waals surface area contributed by atoms with Crippen LogP contribution in [-0.2, 0) is 20.9 Å². The molecule has 2 aromatic carbocycles. The zero-order valence-electron chi connectivity index (χ0n) is 16.7. The average molecular weight is 399 g/mol. The Morgan fingerprint density at radius 3 is 2.55 bits per heavy atom. The first-order valence-electron chi connectivity index (χ1n) is 9.57. The van der Waals surface area contributed by atoms with E-state index in [0.29, 0.717) is 43.6 Å². The van der Waals surface area contributed by atoms with Crippen molar-refractivity contribution >= 4 is 11.9 Å². The lowest BCUT2D eigenvalue weighted by molar-refractivity contribution is -0.153. The second kappa shape index (κ2) is 9.82. The number of nitrogens with zero attached hydrogens (tertiary/aromatic N) is 1. The van der Waals surface area contributed by atoms with E-state index in [1.807, 2.05) is 50.2 Å². The minimum absolute atomic E-state index is 0.244. The third-order valence-corrected chi connectivity index (χ3v) is 4.51. The van der Waals surface area contributed by atoms with Gasteiger partial charge in [0.15, 0.2) is 24.7 Å². The van der Waals surface area contributed by atoms with Crippen LogP contribution in [0.3, 0.4) is 0 Å². The molecule has 1 amide bonds. The molecular weight excluding hydrogens is 374 g/mol. The summed E-state index contributed by atoms with van der Waals surface area (Å²) < 4.78 is 21.6. The molecule has 2 aromatic rings. The molecule has 1 aliphatic heterocycles. The standard InChI is InChI=1S/C22H25NO6/c1-3-23(13-17-8-9-19-20(12-17)27-11-10-26-19)21(24)14-29-22(25)15-28-18-7-5-4-6-16(18)2/h4-9,12H,3,10-11,13-15H2,1-2H3. The maximum atomic E-state index is 12.5. The lowest BCUT2D eigenvalue weighted by Crippen LogP contribution is -2.34. The Balaban J connectivity index is 1.48. The molecule has 1 heterocycles. The summed E-state index contributed by atoms with van der Waals surface area (Å²) in [6.45, 7) is 5.12. The normalized spacial score (nSPS) is 12.2.